The summed E-state index contributed by atoms with van der Waals surface area (Å²) in [5.41, 5.74) is 0.357. The van der Waals surface area contributed by atoms with Gasteiger partial charge in [0.2, 0.25) is 0 Å². The molecular formula is C30H51NO9Si. The van der Waals surface area contributed by atoms with Crippen LogP contribution in [0.2, 0.25) is 0 Å². The van der Waals surface area contributed by atoms with Crippen molar-refractivity contribution in [3.8, 4) is 11.5 Å². The summed E-state index contributed by atoms with van der Waals surface area (Å²) in [6, 6.07) is 5.42. The molecule has 234 valence electrons. The molecule has 1 aromatic carbocycles. The van der Waals surface area contributed by atoms with E-state index in [0.717, 1.165) is 56.6 Å². The summed E-state index contributed by atoms with van der Waals surface area (Å²) in [5, 5.41) is 11.8. The number of amides is 1. The molecule has 11 heteroatoms. The van der Waals surface area contributed by atoms with Gasteiger partial charge in [-0.05, 0) is 83.1 Å². The standard InChI is InChI=1S/C30H51NO9Si/c1-6-11-14-21-36-27-24-25(18-20-29(32)33)17-19-26(27)35-22-15-12-13-16-23-37-30(34)31-28(7-2)41(38-8-3,39-9-4)40-10-5/h17-20,24,28H,6-16,21-23H2,1-5H3,(H,31,34)(H,32,33)/b20-18+. The van der Waals surface area contributed by atoms with Gasteiger partial charge in [-0.1, -0.05) is 32.8 Å². The number of carboxylic acid groups (broad SMARTS) is 1. The van der Waals surface area contributed by atoms with E-state index in [1.54, 1.807) is 6.07 Å². The van der Waals surface area contributed by atoms with Gasteiger partial charge in [0.05, 0.1) is 19.8 Å². The van der Waals surface area contributed by atoms with Crippen LogP contribution in [0, 0.1) is 0 Å². The third-order valence-corrected chi connectivity index (χ3v) is 9.56. The highest BCUT2D eigenvalue weighted by atomic mass is 28.4. The Labute approximate surface area is 247 Å². The molecule has 0 saturated heterocycles. The fourth-order valence-electron chi connectivity index (χ4n) is 4.12. The van der Waals surface area contributed by atoms with Crippen LogP contribution in [0.1, 0.15) is 91.5 Å². The summed E-state index contributed by atoms with van der Waals surface area (Å²) in [4.78, 5) is 23.3. The van der Waals surface area contributed by atoms with Crippen molar-refractivity contribution in [2.24, 2.45) is 0 Å². The van der Waals surface area contributed by atoms with Crippen molar-refractivity contribution in [3.63, 3.8) is 0 Å². The maximum Gasteiger partial charge on any atom is 0.524 e. The Kier molecular flexibility index (Phi) is 19.6. The van der Waals surface area contributed by atoms with Gasteiger partial charge in [-0.25, -0.2) is 9.59 Å². The predicted molar refractivity (Wildman–Crippen MR) is 161 cm³/mol. The van der Waals surface area contributed by atoms with Crippen LogP contribution in [-0.2, 0) is 22.8 Å². The summed E-state index contributed by atoms with van der Waals surface area (Å²) >= 11 is 0. The third-order valence-electron chi connectivity index (χ3n) is 6.08. The topological polar surface area (TPSA) is 122 Å². The van der Waals surface area contributed by atoms with Crippen molar-refractivity contribution in [2.75, 3.05) is 39.6 Å². The second kappa shape index (κ2) is 22.1. The Morgan fingerprint density at radius 3 is 1.98 bits per heavy atom. The summed E-state index contributed by atoms with van der Waals surface area (Å²) in [6.45, 7) is 12.5. The number of carboxylic acids is 1. The Morgan fingerprint density at radius 1 is 0.829 bits per heavy atom. The summed E-state index contributed by atoms with van der Waals surface area (Å²) in [7, 11) is -3.07. The number of aliphatic carboxylic acids is 1. The molecule has 10 nitrogen and oxygen atoms in total. The normalized spacial score (nSPS) is 12.3. The Bertz CT molecular complexity index is 880. The van der Waals surface area contributed by atoms with Gasteiger partial charge in [-0.2, -0.15) is 0 Å². The highest BCUT2D eigenvalue weighted by molar-refractivity contribution is 6.62. The van der Waals surface area contributed by atoms with E-state index < -0.39 is 20.9 Å². The highest BCUT2D eigenvalue weighted by Crippen LogP contribution is 2.29. The van der Waals surface area contributed by atoms with Crippen LogP contribution in [0.3, 0.4) is 0 Å². The first-order valence-electron chi connectivity index (χ1n) is 15.0. The van der Waals surface area contributed by atoms with E-state index in [-0.39, 0.29) is 5.67 Å². The summed E-state index contributed by atoms with van der Waals surface area (Å²) in [6.07, 6.45) is 9.26. The summed E-state index contributed by atoms with van der Waals surface area (Å²) < 4.78 is 35.1. The molecule has 0 aromatic heterocycles. The summed E-state index contributed by atoms with van der Waals surface area (Å²) in [5.74, 6) is 0.258. The van der Waals surface area contributed by atoms with Gasteiger partial charge in [-0.3, -0.25) is 0 Å². The molecule has 1 amide bonds. The van der Waals surface area contributed by atoms with Gasteiger partial charge in [0.1, 0.15) is 5.67 Å². The number of carbonyl (C=O) groups excluding carboxylic acids is 1. The molecule has 41 heavy (non-hydrogen) atoms. The van der Waals surface area contributed by atoms with E-state index >= 15 is 0 Å². The van der Waals surface area contributed by atoms with Crippen molar-refractivity contribution < 1.29 is 42.2 Å². The molecule has 0 aliphatic heterocycles. The van der Waals surface area contributed by atoms with E-state index in [0.29, 0.717) is 57.6 Å². The minimum atomic E-state index is -3.07. The number of hydrogen-bond donors (Lipinski definition) is 2. The fraction of sp³-hybridized carbons (Fsp3) is 0.667. The zero-order valence-electron chi connectivity index (χ0n) is 25.6. The van der Waals surface area contributed by atoms with Crippen molar-refractivity contribution in [1.29, 1.82) is 0 Å². The number of benzene rings is 1. The first-order valence-corrected chi connectivity index (χ1v) is 16.8. The van der Waals surface area contributed by atoms with Crippen molar-refractivity contribution >= 4 is 26.9 Å². The predicted octanol–water partition coefficient (Wildman–Crippen LogP) is 6.39. The number of carbonyl (C=O) groups is 2. The first-order chi connectivity index (χ1) is 19.8. The lowest BCUT2D eigenvalue weighted by atomic mass is 10.2. The smallest absolute Gasteiger partial charge is 0.490 e. The molecule has 1 rings (SSSR count). The molecule has 0 radical (unpaired) electrons. The van der Waals surface area contributed by atoms with Gasteiger partial charge >= 0.3 is 20.9 Å². The van der Waals surface area contributed by atoms with E-state index in [2.05, 4.69) is 12.2 Å². The fourth-order valence-corrected chi connectivity index (χ4v) is 6.98. The van der Waals surface area contributed by atoms with Crippen LogP contribution < -0.4 is 14.8 Å². The zero-order chi connectivity index (χ0) is 30.3. The lowest BCUT2D eigenvalue weighted by molar-refractivity contribution is -0.131. The SMILES string of the molecule is CCCCCOc1cc(/C=C/C(=O)O)ccc1OCCCCCCOC(=O)NC(CC)[Si](OCC)(OCC)OCC. The van der Waals surface area contributed by atoms with Gasteiger partial charge in [0, 0.05) is 25.9 Å². The molecular weight excluding hydrogens is 546 g/mol. The molecule has 0 spiro atoms. The molecule has 1 atom stereocenters. The van der Waals surface area contributed by atoms with Gasteiger partial charge < -0.3 is 37.9 Å². The van der Waals surface area contributed by atoms with E-state index in [4.69, 9.17) is 32.6 Å². The largest absolute Gasteiger partial charge is 0.524 e. The number of ether oxygens (including phenoxy) is 3. The average Bonchev–Trinajstić information content (AvgIpc) is 2.95. The highest BCUT2D eigenvalue weighted by Gasteiger charge is 2.49. The molecule has 1 unspecified atom stereocenters. The second-order valence-corrected chi connectivity index (χ2v) is 12.1. The second-order valence-electron chi connectivity index (χ2n) is 9.34. The zero-order valence-corrected chi connectivity index (χ0v) is 26.6. The van der Waals surface area contributed by atoms with E-state index in [1.807, 2.05) is 39.8 Å². The van der Waals surface area contributed by atoms with Gasteiger partial charge in [0.25, 0.3) is 0 Å². The Morgan fingerprint density at radius 2 is 1.41 bits per heavy atom. The maximum absolute atomic E-state index is 12.5. The molecule has 0 aliphatic rings. The third kappa shape index (κ3) is 14.7. The van der Waals surface area contributed by atoms with Crippen LogP contribution >= 0.6 is 0 Å². The van der Waals surface area contributed by atoms with Crippen LogP contribution in [0.15, 0.2) is 24.3 Å². The maximum atomic E-state index is 12.5. The molecule has 0 heterocycles. The molecule has 0 fully saturated rings. The van der Waals surface area contributed by atoms with E-state index in [9.17, 15) is 9.59 Å². The van der Waals surface area contributed by atoms with Crippen molar-refractivity contribution in [3.05, 3.63) is 29.8 Å². The van der Waals surface area contributed by atoms with E-state index in [1.165, 1.54) is 6.08 Å². The van der Waals surface area contributed by atoms with Crippen LogP contribution in [0.4, 0.5) is 4.79 Å². The van der Waals surface area contributed by atoms with Crippen molar-refractivity contribution in [2.45, 2.75) is 91.7 Å². The van der Waals surface area contributed by atoms with Crippen LogP contribution in [-0.4, -0.2) is 71.3 Å². The number of hydrogen-bond acceptors (Lipinski definition) is 8. The molecule has 1 aromatic rings. The van der Waals surface area contributed by atoms with Gasteiger partial charge in [-0.15, -0.1) is 0 Å². The Hall–Kier alpha value is -2.60. The monoisotopic (exact) mass is 597 g/mol. The molecule has 0 aliphatic carbocycles. The molecule has 0 bridgehead atoms. The van der Waals surface area contributed by atoms with Gasteiger partial charge in [0.15, 0.2) is 11.5 Å². The number of nitrogens with one attached hydrogen (secondary N) is 1. The number of unbranched alkanes of at least 4 members (excludes halogenated alkanes) is 5. The average molecular weight is 598 g/mol. The molecule has 2 N–H and O–H groups in total. The lowest BCUT2D eigenvalue weighted by Gasteiger charge is -2.34. The number of rotatable bonds is 24. The first kappa shape index (κ1) is 36.4. The number of alkyl carbamates (subject to hydrolysis) is 1. The van der Waals surface area contributed by atoms with Crippen LogP contribution in [0.5, 0.6) is 11.5 Å². The quantitative estimate of drug-likeness (QED) is 0.0793. The van der Waals surface area contributed by atoms with Crippen molar-refractivity contribution in [1.82, 2.24) is 5.32 Å². The Balaban J connectivity index is 2.46. The van der Waals surface area contributed by atoms with Crippen LogP contribution in [0.25, 0.3) is 6.08 Å². The minimum Gasteiger partial charge on any atom is -0.490 e. The lowest BCUT2D eigenvalue weighted by Crippen LogP contribution is -2.62. The minimum absolute atomic E-state index is 0.316. The molecule has 0 saturated carbocycles.